The van der Waals surface area contributed by atoms with Crippen molar-refractivity contribution in [3.05, 3.63) is 35.4 Å². The first-order valence-corrected chi connectivity index (χ1v) is 5.83. The van der Waals surface area contributed by atoms with Crippen molar-refractivity contribution in [2.24, 2.45) is 0 Å². The maximum absolute atomic E-state index is 11.1. The smallest absolute Gasteiger partial charge is 0.311 e. The fourth-order valence-corrected chi connectivity index (χ4v) is 2.87. The van der Waals surface area contributed by atoms with Crippen LogP contribution in [-0.4, -0.2) is 22.6 Å². The SMILES string of the molecule is O=C(O)C1CSCCc2ccccc21. The van der Waals surface area contributed by atoms with Crippen LogP contribution in [0.15, 0.2) is 24.3 Å². The third-order valence-corrected chi connectivity index (χ3v) is 3.59. The van der Waals surface area contributed by atoms with Crippen molar-refractivity contribution in [2.45, 2.75) is 12.3 Å². The van der Waals surface area contributed by atoms with E-state index < -0.39 is 5.97 Å². The van der Waals surface area contributed by atoms with Gasteiger partial charge in [0.05, 0.1) is 5.92 Å². The van der Waals surface area contributed by atoms with E-state index in [1.165, 1.54) is 5.56 Å². The highest BCUT2D eigenvalue weighted by atomic mass is 32.2. The van der Waals surface area contributed by atoms with Crippen LogP contribution in [0.5, 0.6) is 0 Å². The van der Waals surface area contributed by atoms with Gasteiger partial charge in [-0.1, -0.05) is 24.3 Å². The lowest BCUT2D eigenvalue weighted by Crippen LogP contribution is -2.14. The number of carbonyl (C=O) groups is 1. The molecular formula is C11H12O2S. The minimum atomic E-state index is -0.702. The Morgan fingerprint density at radius 2 is 2.21 bits per heavy atom. The Morgan fingerprint density at radius 1 is 1.43 bits per heavy atom. The number of aliphatic carboxylic acids is 1. The maximum atomic E-state index is 11.1. The molecule has 0 aliphatic carbocycles. The van der Waals surface area contributed by atoms with Crippen LogP contribution >= 0.6 is 11.8 Å². The van der Waals surface area contributed by atoms with E-state index in [4.69, 9.17) is 5.11 Å². The van der Waals surface area contributed by atoms with Crippen LogP contribution in [0.4, 0.5) is 0 Å². The zero-order valence-corrected chi connectivity index (χ0v) is 8.59. The second kappa shape index (κ2) is 4.05. The van der Waals surface area contributed by atoms with Crippen molar-refractivity contribution in [2.75, 3.05) is 11.5 Å². The van der Waals surface area contributed by atoms with E-state index in [1.54, 1.807) is 11.8 Å². The van der Waals surface area contributed by atoms with Crippen LogP contribution in [-0.2, 0) is 11.2 Å². The molecule has 1 aromatic carbocycles. The van der Waals surface area contributed by atoms with Crippen LogP contribution < -0.4 is 0 Å². The number of carboxylic acids is 1. The lowest BCUT2D eigenvalue weighted by atomic mass is 9.94. The second-order valence-corrected chi connectivity index (χ2v) is 4.56. The highest BCUT2D eigenvalue weighted by molar-refractivity contribution is 7.99. The Labute approximate surface area is 87.3 Å². The number of thioether (sulfide) groups is 1. The summed E-state index contributed by atoms with van der Waals surface area (Å²) in [7, 11) is 0. The molecule has 2 nitrogen and oxygen atoms in total. The molecule has 0 bridgehead atoms. The molecule has 0 saturated carbocycles. The average molecular weight is 208 g/mol. The van der Waals surface area contributed by atoms with E-state index >= 15 is 0 Å². The number of benzene rings is 1. The molecule has 74 valence electrons. The van der Waals surface area contributed by atoms with Gasteiger partial charge in [-0.15, -0.1) is 0 Å². The third-order valence-electron chi connectivity index (χ3n) is 2.53. The summed E-state index contributed by atoms with van der Waals surface area (Å²) < 4.78 is 0. The van der Waals surface area contributed by atoms with Crippen LogP contribution in [0.2, 0.25) is 0 Å². The first-order chi connectivity index (χ1) is 6.79. The van der Waals surface area contributed by atoms with Crippen LogP contribution in [0.1, 0.15) is 17.0 Å². The average Bonchev–Trinajstić information content (AvgIpc) is 2.39. The standard InChI is InChI=1S/C11H12O2S/c12-11(13)10-7-14-6-5-8-3-1-2-4-9(8)10/h1-4,10H,5-7H2,(H,12,13). The molecule has 1 heterocycles. The molecule has 0 fully saturated rings. The zero-order chi connectivity index (χ0) is 9.97. The van der Waals surface area contributed by atoms with Gasteiger partial charge >= 0.3 is 5.97 Å². The monoisotopic (exact) mass is 208 g/mol. The van der Waals surface area contributed by atoms with Gasteiger partial charge in [-0.05, 0) is 23.3 Å². The molecule has 1 aliphatic rings. The summed E-state index contributed by atoms with van der Waals surface area (Å²) in [6.07, 6.45) is 0.991. The topological polar surface area (TPSA) is 37.3 Å². The van der Waals surface area contributed by atoms with Crippen molar-refractivity contribution in [3.8, 4) is 0 Å². The molecule has 1 aliphatic heterocycles. The Hall–Kier alpha value is -0.960. The Kier molecular flexibility index (Phi) is 2.77. The molecule has 0 radical (unpaired) electrons. The molecule has 0 amide bonds. The molecule has 0 saturated heterocycles. The number of aryl methyl sites for hydroxylation is 1. The largest absolute Gasteiger partial charge is 0.481 e. The Morgan fingerprint density at radius 3 is 3.00 bits per heavy atom. The van der Waals surface area contributed by atoms with Crippen LogP contribution in [0.3, 0.4) is 0 Å². The van der Waals surface area contributed by atoms with Crippen LogP contribution in [0, 0.1) is 0 Å². The number of rotatable bonds is 1. The van der Waals surface area contributed by atoms with Gasteiger partial charge in [0.25, 0.3) is 0 Å². The van der Waals surface area contributed by atoms with Crippen molar-refractivity contribution in [1.29, 1.82) is 0 Å². The molecule has 1 aromatic rings. The summed E-state index contributed by atoms with van der Waals surface area (Å²) in [5.74, 6) is 0.707. The quantitative estimate of drug-likeness (QED) is 0.768. The molecule has 2 rings (SSSR count). The molecule has 3 heteroatoms. The van der Waals surface area contributed by atoms with E-state index in [0.717, 1.165) is 17.7 Å². The summed E-state index contributed by atoms with van der Waals surface area (Å²) in [6.45, 7) is 0. The fraction of sp³-hybridized carbons (Fsp3) is 0.364. The number of hydrogen-bond donors (Lipinski definition) is 1. The van der Waals surface area contributed by atoms with Gasteiger partial charge in [-0.3, -0.25) is 4.79 Å². The predicted octanol–water partition coefficient (Wildman–Crippen LogP) is 2.14. The van der Waals surface area contributed by atoms with Crippen LogP contribution in [0.25, 0.3) is 0 Å². The number of carboxylic acid groups (broad SMARTS) is 1. The minimum Gasteiger partial charge on any atom is -0.481 e. The summed E-state index contributed by atoms with van der Waals surface area (Å²) in [6, 6.07) is 7.88. The maximum Gasteiger partial charge on any atom is 0.311 e. The molecular weight excluding hydrogens is 196 g/mol. The predicted molar refractivity (Wildman–Crippen MR) is 57.8 cm³/mol. The van der Waals surface area contributed by atoms with Gasteiger partial charge < -0.3 is 5.11 Å². The van der Waals surface area contributed by atoms with Gasteiger partial charge in [0.2, 0.25) is 0 Å². The number of fused-ring (bicyclic) bond motifs is 1. The van der Waals surface area contributed by atoms with Crippen molar-refractivity contribution >= 4 is 17.7 Å². The van der Waals surface area contributed by atoms with Gasteiger partial charge in [-0.25, -0.2) is 0 Å². The first-order valence-electron chi connectivity index (χ1n) is 4.67. The van der Waals surface area contributed by atoms with Gasteiger partial charge in [0, 0.05) is 5.75 Å². The summed E-state index contributed by atoms with van der Waals surface area (Å²) in [5.41, 5.74) is 2.20. The molecule has 1 unspecified atom stereocenters. The summed E-state index contributed by atoms with van der Waals surface area (Å²) in [5, 5.41) is 9.10. The Bertz CT molecular complexity index is 349. The molecule has 0 spiro atoms. The van der Waals surface area contributed by atoms with E-state index in [2.05, 4.69) is 0 Å². The van der Waals surface area contributed by atoms with E-state index in [0.29, 0.717) is 5.75 Å². The lowest BCUT2D eigenvalue weighted by Gasteiger charge is -2.11. The highest BCUT2D eigenvalue weighted by Crippen LogP contribution is 2.29. The lowest BCUT2D eigenvalue weighted by molar-refractivity contribution is -0.138. The zero-order valence-electron chi connectivity index (χ0n) is 7.77. The summed E-state index contributed by atoms with van der Waals surface area (Å²) >= 11 is 1.73. The number of hydrogen-bond acceptors (Lipinski definition) is 2. The van der Waals surface area contributed by atoms with E-state index in [9.17, 15) is 4.79 Å². The summed E-state index contributed by atoms with van der Waals surface area (Å²) in [4.78, 5) is 11.1. The van der Waals surface area contributed by atoms with Gasteiger partial charge in [0.1, 0.15) is 0 Å². The minimum absolute atomic E-state index is 0.321. The fourth-order valence-electron chi connectivity index (χ4n) is 1.78. The van der Waals surface area contributed by atoms with Crippen molar-refractivity contribution in [1.82, 2.24) is 0 Å². The highest BCUT2D eigenvalue weighted by Gasteiger charge is 2.24. The van der Waals surface area contributed by atoms with Crippen molar-refractivity contribution in [3.63, 3.8) is 0 Å². The van der Waals surface area contributed by atoms with E-state index in [-0.39, 0.29) is 5.92 Å². The molecule has 0 aromatic heterocycles. The normalized spacial score (nSPS) is 21.0. The molecule has 1 N–H and O–H groups in total. The molecule has 14 heavy (non-hydrogen) atoms. The Balaban J connectivity index is 2.42. The molecule has 1 atom stereocenters. The van der Waals surface area contributed by atoms with Gasteiger partial charge in [0.15, 0.2) is 0 Å². The van der Waals surface area contributed by atoms with Gasteiger partial charge in [-0.2, -0.15) is 11.8 Å². The van der Waals surface area contributed by atoms with E-state index in [1.807, 2.05) is 24.3 Å². The van der Waals surface area contributed by atoms with Crippen molar-refractivity contribution < 1.29 is 9.90 Å². The second-order valence-electron chi connectivity index (χ2n) is 3.41. The first kappa shape index (κ1) is 9.59. The third kappa shape index (κ3) is 1.77.